The Morgan fingerprint density at radius 1 is 1.54 bits per heavy atom. The number of hydrogen-bond donors (Lipinski definition) is 1. The molecule has 1 aliphatic carbocycles. The van der Waals surface area contributed by atoms with Gasteiger partial charge in [-0.2, -0.15) is 0 Å². The lowest BCUT2D eigenvalue weighted by atomic mass is 9.81. The molecule has 1 fully saturated rings. The van der Waals surface area contributed by atoms with Crippen LogP contribution in [0, 0.1) is 11.8 Å². The van der Waals surface area contributed by atoms with Gasteiger partial charge < -0.3 is 9.84 Å². The van der Waals surface area contributed by atoms with Crippen LogP contribution in [0.1, 0.15) is 33.1 Å². The molecule has 0 bridgehead atoms. The molecule has 3 nitrogen and oxygen atoms in total. The van der Waals surface area contributed by atoms with Crippen molar-refractivity contribution < 1.29 is 14.6 Å². The summed E-state index contributed by atoms with van der Waals surface area (Å²) in [6, 6.07) is 0. The van der Waals surface area contributed by atoms with Gasteiger partial charge >= 0.3 is 5.97 Å². The highest BCUT2D eigenvalue weighted by Crippen LogP contribution is 2.29. The molecule has 0 heterocycles. The van der Waals surface area contributed by atoms with Gasteiger partial charge in [-0.05, 0) is 32.1 Å². The van der Waals surface area contributed by atoms with E-state index in [0.717, 1.165) is 19.3 Å². The molecular weight excluding hydrogens is 168 g/mol. The lowest BCUT2D eigenvalue weighted by Gasteiger charge is -2.29. The summed E-state index contributed by atoms with van der Waals surface area (Å²) in [7, 11) is 0. The van der Waals surface area contributed by atoms with E-state index in [1.165, 1.54) is 0 Å². The van der Waals surface area contributed by atoms with Gasteiger partial charge in [0.05, 0.1) is 18.6 Å². The van der Waals surface area contributed by atoms with Crippen LogP contribution in [0.4, 0.5) is 0 Å². The number of hydrogen-bond acceptors (Lipinski definition) is 3. The molecule has 3 heteroatoms. The third-order valence-corrected chi connectivity index (χ3v) is 2.67. The molecular formula is C10H18O3. The van der Waals surface area contributed by atoms with Crippen molar-refractivity contribution in [1.29, 1.82) is 0 Å². The average Bonchev–Trinajstić information content (AvgIpc) is 2.04. The molecule has 0 aliphatic heterocycles. The number of ether oxygens (including phenoxy) is 1. The van der Waals surface area contributed by atoms with Crippen molar-refractivity contribution in [2.45, 2.75) is 39.2 Å². The van der Waals surface area contributed by atoms with Crippen LogP contribution in [0.25, 0.3) is 0 Å². The topological polar surface area (TPSA) is 46.5 Å². The second-order valence-corrected chi connectivity index (χ2v) is 3.84. The Morgan fingerprint density at radius 3 is 2.77 bits per heavy atom. The Labute approximate surface area is 79.1 Å². The van der Waals surface area contributed by atoms with Gasteiger partial charge in [-0.3, -0.25) is 4.79 Å². The molecule has 1 rings (SSSR count). The fraction of sp³-hybridized carbons (Fsp3) is 0.900. The normalized spacial score (nSPS) is 34.2. The van der Waals surface area contributed by atoms with Crippen LogP contribution in [0.2, 0.25) is 0 Å². The van der Waals surface area contributed by atoms with Crippen LogP contribution in [0.3, 0.4) is 0 Å². The number of aliphatic hydroxyl groups excluding tert-OH is 1. The highest BCUT2D eigenvalue weighted by Gasteiger charge is 2.33. The maximum Gasteiger partial charge on any atom is 0.311 e. The van der Waals surface area contributed by atoms with E-state index in [9.17, 15) is 9.90 Å². The maximum absolute atomic E-state index is 11.3. The Hall–Kier alpha value is -0.570. The van der Waals surface area contributed by atoms with Gasteiger partial charge in [0.25, 0.3) is 0 Å². The van der Waals surface area contributed by atoms with Crippen LogP contribution in [-0.2, 0) is 9.53 Å². The Kier molecular flexibility index (Phi) is 3.72. The summed E-state index contributed by atoms with van der Waals surface area (Å²) in [5, 5.41) is 9.64. The van der Waals surface area contributed by atoms with Crippen molar-refractivity contribution in [3.8, 4) is 0 Å². The van der Waals surface area contributed by atoms with E-state index in [1.54, 1.807) is 6.92 Å². The van der Waals surface area contributed by atoms with Crippen molar-refractivity contribution in [2.75, 3.05) is 6.61 Å². The molecule has 0 radical (unpaired) electrons. The van der Waals surface area contributed by atoms with E-state index in [2.05, 4.69) is 6.92 Å². The first-order valence-electron chi connectivity index (χ1n) is 4.99. The number of aliphatic hydroxyl groups is 1. The van der Waals surface area contributed by atoms with Gasteiger partial charge in [-0.1, -0.05) is 6.92 Å². The minimum atomic E-state index is -0.497. The van der Waals surface area contributed by atoms with E-state index in [4.69, 9.17) is 4.74 Å². The van der Waals surface area contributed by atoms with Crippen molar-refractivity contribution >= 4 is 5.97 Å². The highest BCUT2D eigenvalue weighted by atomic mass is 16.5. The molecule has 0 aromatic carbocycles. The second kappa shape index (κ2) is 4.61. The first-order chi connectivity index (χ1) is 6.15. The first kappa shape index (κ1) is 10.5. The zero-order valence-corrected chi connectivity index (χ0v) is 8.32. The largest absolute Gasteiger partial charge is 0.466 e. The summed E-state index contributed by atoms with van der Waals surface area (Å²) in [5.74, 6) is 0.0127. The van der Waals surface area contributed by atoms with Gasteiger partial charge in [-0.25, -0.2) is 0 Å². The van der Waals surface area contributed by atoms with Crippen molar-refractivity contribution in [2.24, 2.45) is 11.8 Å². The summed E-state index contributed by atoms with van der Waals surface area (Å²) >= 11 is 0. The number of carbonyl (C=O) groups is 1. The molecule has 1 aliphatic rings. The van der Waals surface area contributed by atoms with Crippen LogP contribution >= 0.6 is 0 Å². The number of esters is 1. The van der Waals surface area contributed by atoms with Crippen LogP contribution in [0.5, 0.6) is 0 Å². The molecule has 3 atom stereocenters. The molecule has 0 spiro atoms. The predicted molar refractivity (Wildman–Crippen MR) is 49.1 cm³/mol. The Morgan fingerprint density at radius 2 is 2.23 bits per heavy atom. The zero-order chi connectivity index (χ0) is 9.84. The SMILES string of the molecule is CCOC(=O)C1CC[C@H](C)CC1O. The van der Waals surface area contributed by atoms with Crippen molar-refractivity contribution in [1.82, 2.24) is 0 Å². The molecule has 13 heavy (non-hydrogen) atoms. The Balaban J connectivity index is 2.45. The Bertz CT molecular complexity index is 179. The van der Waals surface area contributed by atoms with E-state index < -0.39 is 6.10 Å². The molecule has 0 aromatic heterocycles. The molecule has 2 unspecified atom stereocenters. The first-order valence-corrected chi connectivity index (χ1v) is 4.99. The predicted octanol–water partition coefficient (Wildman–Crippen LogP) is 1.35. The summed E-state index contributed by atoms with van der Waals surface area (Å²) in [6.07, 6.45) is 2.01. The lowest BCUT2D eigenvalue weighted by Crippen LogP contribution is -2.35. The van der Waals surface area contributed by atoms with Gasteiger partial charge in [0.2, 0.25) is 0 Å². The molecule has 76 valence electrons. The zero-order valence-electron chi connectivity index (χ0n) is 8.32. The number of rotatable bonds is 2. The van der Waals surface area contributed by atoms with E-state index >= 15 is 0 Å². The summed E-state index contributed by atoms with van der Waals surface area (Å²) in [6.45, 7) is 4.29. The fourth-order valence-corrected chi connectivity index (χ4v) is 1.88. The standard InChI is InChI=1S/C10H18O3/c1-3-13-10(12)8-5-4-7(2)6-9(8)11/h7-9,11H,3-6H2,1-2H3/t7-,8?,9?/m0/s1. The van der Waals surface area contributed by atoms with Gasteiger partial charge in [0.1, 0.15) is 0 Å². The van der Waals surface area contributed by atoms with Crippen molar-refractivity contribution in [3.05, 3.63) is 0 Å². The summed E-state index contributed by atoms with van der Waals surface area (Å²) < 4.78 is 4.89. The van der Waals surface area contributed by atoms with Crippen LogP contribution < -0.4 is 0 Å². The third-order valence-electron chi connectivity index (χ3n) is 2.67. The van der Waals surface area contributed by atoms with Gasteiger partial charge in [0.15, 0.2) is 0 Å². The fourth-order valence-electron chi connectivity index (χ4n) is 1.88. The molecule has 1 saturated carbocycles. The molecule has 1 N–H and O–H groups in total. The minimum Gasteiger partial charge on any atom is -0.466 e. The smallest absolute Gasteiger partial charge is 0.311 e. The highest BCUT2D eigenvalue weighted by molar-refractivity contribution is 5.73. The second-order valence-electron chi connectivity index (χ2n) is 3.84. The molecule has 0 amide bonds. The van der Waals surface area contributed by atoms with E-state index in [1.807, 2.05) is 0 Å². The third kappa shape index (κ3) is 2.69. The summed E-state index contributed by atoms with van der Waals surface area (Å²) in [4.78, 5) is 11.3. The lowest BCUT2D eigenvalue weighted by molar-refractivity contribution is -0.154. The van der Waals surface area contributed by atoms with Crippen LogP contribution in [0.15, 0.2) is 0 Å². The van der Waals surface area contributed by atoms with Gasteiger partial charge in [0, 0.05) is 0 Å². The van der Waals surface area contributed by atoms with E-state index in [0.29, 0.717) is 12.5 Å². The summed E-state index contributed by atoms with van der Waals surface area (Å²) in [5.41, 5.74) is 0. The van der Waals surface area contributed by atoms with Crippen LogP contribution in [-0.4, -0.2) is 23.8 Å². The number of carbonyl (C=O) groups excluding carboxylic acids is 1. The maximum atomic E-state index is 11.3. The van der Waals surface area contributed by atoms with Crippen molar-refractivity contribution in [3.63, 3.8) is 0 Å². The monoisotopic (exact) mass is 186 g/mol. The van der Waals surface area contributed by atoms with E-state index in [-0.39, 0.29) is 11.9 Å². The molecule has 0 aromatic rings. The average molecular weight is 186 g/mol. The minimum absolute atomic E-state index is 0.234. The quantitative estimate of drug-likeness (QED) is 0.662. The van der Waals surface area contributed by atoms with Gasteiger partial charge in [-0.15, -0.1) is 0 Å². The molecule has 0 saturated heterocycles.